The first-order chi connectivity index (χ1) is 5.54. The Morgan fingerprint density at radius 2 is 2.08 bits per heavy atom. The molecule has 1 nitrogen and oxygen atoms in total. The Kier molecular flexibility index (Phi) is 5.73. The first kappa shape index (κ1) is 11.4. The second-order valence-electron chi connectivity index (χ2n) is 3.18. The van der Waals surface area contributed by atoms with Crippen molar-refractivity contribution in [3.8, 4) is 0 Å². The summed E-state index contributed by atoms with van der Waals surface area (Å²) in [5, 5.41) is -0.385. The SMILES string of the molecule is CC(=CC=CCC(C)C)C(=O)Cl. The van der Waals surface area contributed by atoms with Crippen LogP contribution in [0.3, 0.4) is 0 Å². The third kappa shape index (κ3) is 6.17. The van der Waals surface area contributed by atoms with E-state index in [0.717, 1.165) is 6.42 Å². The van der Waals surface area contributed by atoms with Crippen LogP contribution in [0.15, 0.2) is 23.8 Å². The lowest BCUT2D eigenvalue weighted by Crippen LogP contribution is -1.85. The highest BCUT2D eigenvalue weighted by atomic mass is 35.5. The monoisotopic (exact) mass is 186 g/mol. The summed E-state index contributed by atoms with van der Waals surface area (Å²) in [5.74, 6) is 0.654. The zero-order valence-electron chi connectivity index (χ0n) is 7.80. The topological polar surface area (TPSA) is 17.1 Å². The zero-order chi connectivity index (χ0) is 9.56. The van der Waals surface area contributed by atoms with Gasteiger partial charge in [-0.15, -0.1) is 0 Å². The van der Waals surface area contributed by atoms with Gasteiger partial charge in [0, 0.05) is 5.57 Å². The Balaban J connectivity index is 3.87. The van der Waals surface area contributed by atoms with Crippen LogP contribution < -0.4 is 0 Å². The lowest BCUT2D eigenvalue weighted by molar-refractivity contribution is -0.108. The minimum absolute atomic E-state index is 0.385. The van der Waals surface area contributed by atoms with Crippen molar-refractivity contribution in [2.75, 3.05) is 0 Å². The average Bonchev–Trinajstić information content (AvgIpc) is 1.97. The van der Waals surface area contributed by atoms with Gasteiger partial charge in [-0.1, -0.05) is 32.1 Å². The number of carbonyl (C=O) groups is 1. The number of hydrogen-bond acceptors (Lipinski definition) is 1. The van der Waals surface area contributed by atoms with Crippen LogP contribution in [0, 0.1) is 5.92 Å². The highest BCUT2D eigenvalue weighted by Gasteiger charge is 1.94. The zero-order valence-corrected chi connectivity index (χ0v) is 8.56. The Bertz CT molecular complexity index is 202. The molecule has 0 radical (unpaired) electrons. The van der Waals surface area contributed by atoms with Crippen molar-refractivity contribution >= 4 is 16.8 Å². The molecule has 0 fully saturated rings. The van der Waals surface area contributed by atoms with Crippen LogP contribution in [0.1, 0.15) is 27.2 Å². The van der Waals surface area contributed by atoms with E-state index in [1.807, 2.05) is 12.2 Å². The maximum Gasteiger partial charge on any atom is 0.248 e. The van der Waals surface area contributed by atoms with Gasteiger partial charge in [0.1, 0.15) is 0 Å². The van der Waals surface area contributed by atoms with Gasteiger partial charge in [0.25, 0.3) is 0 Å². The molecule has 0 N–H and O–H groups in total. The summed E-state index contributed by atoms with van der Waals surface area (Å²) in [7, 11) is 0. The average molecular weight is 187 g/mol. The number of allylic oxidation sites excluding steroid dienone is 4. The summed E-state index contributed by atoms with van der Waals surface area (Å²) in [4.78, 5) is 10.5. The predicted octanol–water partition coefficient (Wildman–Crippen LogP) is 3.30. The number of hydrogen-bond donors (Lipinski definition) is 0. The van der Waals surface area contributed by atoms with Crippen molar-refractivity contribution in [3.05, 3.63) is 23.8 Å². The third-order valence-corrected chi connectivity index (χ3v) is 1.70. The van der Waals surface area contributed by atoms with Gasteiger partial charge in [0.15, 0.2) is 0 Å². The van der Waals surface area contributed by atoms with Crippen LogP contribution in [0.25, 0.3) is 0 Å². The molecule has 68 valence electrons. The van der Waals surface area contributed by atoms with Gasteiger partial charge in [0.05, 0.1) is 0 Å². The van der Waals surface area contributed by atoms with Gasteiger partial charge in [-0.05, 0) is 30.9 Å². The van der Waals surface area contributed by atoms with Crippen molar-refractivity contribution in [1.82, 2.24) is 0 Å². The standard InChI is InChI=1S/C10H15ClO/c1-8(2)6-4-5-7-9(3)10(11)12/h4-5,7-8H,6H2,1-3H3. The molecule has 0 aromatic carbocycles. The molecular formula is C10H15ClO. The number of rotatable bonds is 4. The van der Waals surface area contributed by atoms with E-state index in [1.165, 1.54) is 0 Å². The van der Waals surface area contributed by atoms with Crippen LogP contribution in [0.4, 0.5) is 0 Å². The number of carbonyl (C=O) groups excluding carboxylic acids is 1. The predicted molar refractivity (Wildman–Crippen MR) is 53.2 cm³/mol. The summed E-state index contributed by atoms with van der Waals surface area (Å²) >= 11 is 5.23. The van der Waals surface area contributed by atoms with Crippen molar-refractivity contribution in [3.63, 3.8) is 0 Å². The molecule has 0 aromatic heterocycles. The molecule has 0 aromatic rings. The molecule has 0 aliphatic heterocycles. The largest absolute Gasteiger partial charge is 0.276 e. The third-order valence-electron chi connectivity index (χ3n) is 1.40. The minimum Gasteiger partial charge on any atom is -0.276 e. The fourth-order valence-electron chi connectivity index (χ4n) is 0.629. The highest BCUT2D eigenvalue weighted by Crippen LogP contribution is 2.02. The van der Waals surface area contributed by atoms with Gasteiger partial charge in [0.2, 0.25) is 5.24 Å². The van der Waals surface area contributed by atoms with E-state index in [4.69, 9.17) is 11.6 Å². The molecule has 12 heavy (non-hydrogen) atoms. The van der Waals surface area contributed by atoms with Crippen molar-refractivity contribution in [2.24, 2.45) is 5.92 Å². The van der Waals surface area contributed by atoms with E-state index in [9.17, 15) is 4.79 Å². The van der Waals surface area contributed by atoms with Gasteiger partial charge >= 0.3 is 0 Å². The molecule has 0 aliphatic carbocycles. The Morgan fingerprint density at radius 3 is 2.50 bits per heavy atom. The molecule has 0 spiro atoms. The Morgan fingerprint density at radius 1 is 1.50 bits per heavy atom. The molecule has 0 aliphatic rings. The summed E-state index contributed by atoms with van der Waals surface area (Å²) in [6, 6.07) is 0. The number of halogens is 1. The molecule has 0 heterocycles. The smallest absolute Gasteiger partial charge is 0.248 e. The lowest BCUT2D eigenvalue weighted by atomic mass is 10.1. The summed E-state index contributed by atoms with van der Waals surface area (Å²) in [6.45, 7) is 6.00. The molecule has 0 amide bonds. The quantitative estimate of drug-likeness (QED) is 0.374. The molecule has 0 rings (SSSR count). The molecule has 0 saturated carbocycles. The Labute approximate surface area is 79.1 Å². The first-order valence-electron chi connectivity index (χ1n) is 4.07. The van der Waals surface area contributed by atoms with Crippen LogP contribution in [-0.4, -0.2) is 5.24 Å². The van der Waals surface area contributed by atoms with E-state index < -0.39 is 0 Å². The normalized spacial score (nSPS) is 12.9. The molecular weight excluding hydrogens is 172 g/mol. The van der Waals surface area contributed by atoms with E-state index >= 15 is 0 Å². The van der Waals surface area contributed by atoms with Gasteiger partial charge < -0.3 is 0 Å². The van der Waals surface area contributed by atoms with E-state index in [0.29, 0.717) is 11.5 Å². The van der Waals surface area contributed by atoms with E-state index in [-0.39, 0.29) is 5.24 Å². The summed E-state index contributed by atoms with van der Waals surface area (Å²) < 4.78 is 0. The molecule has 0 bridgehead atoms. The summed E-state index contributed by atoms with van der Waals surface area (Å²) in [6.07, 6.45) is 6.67. The molecule has 0 unspecified atom stereocenters. The van der Waals surface area contributed by atoms with Crippen molar-refractivity contribution in [1.29, 1.82) is 0 Å². The van der Waals surface area contributed by atoms with E-state index in [1.54, 1.807) is 13.0 Å². The fourth-order valence-corrected chi connectivity index (χ4v) is 0.692. The first-order valence-corrected chi connectivity index (χ1v) is 4.45. The van der Waals surface area contributed by atoms with E-state index in [2.05, 4.69) is 13.8 Å². The highest BCUT2D eigenvalue weighted by molar-refractivity contribution is 6.67. The summed E-state index contributed by atoms with van der Waals surface area (Å²) in [5.41, 5.74) is 0.580. The molecule has 0 atom stereocenters. The molecule has 0 saturated heterocycles. The second-order valence-corrected chi connectivity index (χ2v) is 3.52. The molecule has 2 heteroatoms. The van der Waals surface area contributed by atoms with Gasteiger partial charge in [-0.3, -0.25) is 4.79 Å². The van der Waals surface area contributed by atoms with Crippen LogP contribution >= 0.6 is 11.6 Å². The second kappa shape index (κ2) is 6.01. The maximum atomic E-state index is 10.5. The van der Waals surface area contributed by atoms with Crippen LogP contribution in [0.2, 0.25) is 0 Å². The van der Waals surface area contributed by atoms with Gasteiger partial charge in [-0.2, -0.15) is 0 Å². The van der Waals surface area contributed by atoms with Crippen LogP contribution in [-0.2, 0) is 4.79 Å². The van der Waals surface area contributed by atoms with Crippen molar-refractivity contribution in [2.45, 2.75) is 27.2 Å². The van der Waals surface area contributed by atoms with Crippen LogP contribution in [0.5, 0.6) is 0 Å². The Hall–Kier alpha value is -0.560. The van der Waals surface area contributed by atoms with Gasteiger partial charge in [-0.25, -0.2) is 0 Å². The maximum absolute atomic E-state index is 10.5. The lowest BCUT2D eigenvalue weighted by Gasteiger charge is -1.95. The van der Waals surface area contributed by atoms with Crippen molar-refractivity contribution < 1.29 is 4.79 Å². The fraction of sp³-hybridized carbons (Fsp3) is 0.500. The minimum atomic E-state index is -0.385.